The van der Waals surface area contributed by atoms with Gasteiger partial charge in [-0.15, -0.1) is 0 Å². The van der Waals surface area contributed by atoms with E-state index in [1.54, 1.807) is 0 Å². The van der Waals surface area contributed by atoms with Gasteiger partial charge in [0, 0.05) is 12.6 Å². The lowest BCUT2D eigenvalue weighted by Crippen LogP contribution is -2.34. The van der Waals surface area contributed by atoms with Crippen LogP contribution in [0.5, 0.6) is 0 Å². The third kappa shape index (κ3) is 1.33. The summed E-state index contributed by atoms with van der Waals surface area (Å²) in [5.74, 6) is 0.0255. The van der Waals surface area contributed by atoms with Crippen LogP contribution in [0.1, 0.15) is 25.7 Å². The van der Waals surface area contributed by atoms with E-state index in [0.717, 1.165) is 13.0 Å². The number of fused-ring (bicyclic) bond motifs is 1. The van der Waals surface area contributed by atoms with Gasteiger partial charge in [-0.25, -0.2) is 0 Å². The quantitative estimate of drug-likeness (QED) is 0.614. The molecule has 0 saturated carbocycles. The second kappa shape index (κ2) is 3.05. The normalized spacial score (nSPS) is 36.3. The minimum Gasteiger partial charge on any atom is -0.369 e. The third-order valence-corrected chi connectivity index (χ3v) is 3.16. The molecule has 68 valence electrons. The first-order valence-corrected chi connectivity index (χ1v) is 4.81. The van der Waals surface area contributed by atoms with E-state index in [-0.39, 0.29) is 11.8 Å². The lowest BCUT2D eigenvalue weighted by atomic mass is 9.99. The number of amides is 1. The molecular formula is C9H16N2O. The Hall–Kier alpha value is -0.570. The zero-order chi connectivity index (χ0) is 8.55. The fraction of sp³-hybridized carbons (Fsp3) is 0.889. The molecule has 0 radical (unpaired) electrons. The van der Waals surface area contributed by atoms with Crippen LogP contribution >= 0.6 is 0 Å². The molecule has 0 aliphatic carbocycles. The van der Waals surface area contributed by atoms with Crippen LogP contribution in [0.25, 0.3) is 0 Å². The topological polar surface area (TPSA) is 46.3 Å². The first-order chi connectivity index (χ1) is 5.77. The summed E-state index contributed by atoms with van der Waals surface area (Å²) in [5, 5.41) is 0. The van der Waals surface area contributed by atoms with E-state index >= 15 is 0 Å². The average molecular weight is 168 g/mol. The SMILES string of the molecule is NC(=O)[C@@H]1C[C@@H]2CCCCN2C1. The van der Waals surface area contributed by atoms with Gasteiger partial charge in [0.1, 0.15) is 0 Å². The van der Waals surface area contributed by atoms with E-state index < -0.39 is 0 Å². The summed E-state index contributed by atoms with van der Waals surface area (Å²) in [6, 6.07) is 0.663. The van der Waals surface area contributed by atoms with Crippen LogP contribution in [0.4, 0.5) is 0 Å². The highest BCUT2D eigenvalue weighted by atomic mass is 16.1. The summed E-state index contributed by atoms with van der Waals surface area (Å²) in [7, 11) is 0. The summed E-state index contributed by atoms with van der Waals surface area (Å²) in [6.07, 6.45) is 4.90. The molecule has 1 amide bonds. The lowest BCUT2D eigenvalue weighted by molar-refractivity contribution is -0.121. The van der Waals surface area contributed by atoms with Crippen LogP contribution < -0.4 is 5.73 Å². The number of rotatable bonds is 1. The van der Waals surface area contributed by atoms with E-state index in [1.165, 1.54) is 25.8 Å². The van der Waals surface area contributed by atoms with E-state index in [1.807, 2.05) is 0 Å². The summed E-state index contributed by atoms with van der Waals surface area (Å²) >= 11 is 0. The van der Waals surface area contributed by atoms with Crippen LogP contribution in [-0.4, -0.2) is 29.9 Å². The number of carbonyl (C=O) groups excluding carboxylic acids is 1. The molecule has 0 aromatic carbocycles. The van der Waals surface area contributed by atoms with Crippen LogP contribution in [0.2, 0.25) is 0 Å². The highest BCUT2D eigenvalue weighted by Gasteiger charge is 2.35. The fourth-order valence-corrected chi connectivity index (χ4v) is 2.46. The minimum atomic E-state index is -0.107. The van der Waals surface area contributed by atoms with Crippen LogP contribution in [0, 0.1) is 5.92 Å². The van der Waals surface area contributed by atoms with Crippen molar-refractivity contribution in [2.45, 2.75) is 31.7 Å². The minimum absolute atomic E-state index is 0.107. The molecule has 0 spiro atoms. The predicted octanol–water partition coefficient (Wildman–Crippen LogP) is 0.346. The molecule has 2 N–H and O–H groups in total. The molecule has 0 bridgehead atoms. The summed E-state index contributed by atoms with van der Waals surface area (Å²) in [6.45, 7) is 2.09. The largest absolute Gasteiger partial charge is 0.369 e. The van der Waals surface area contributed by atoms with Crippen molar-refractivity contribution in [3.05, 3.63) is 0 Å². The van der Waals surface area contributed by atoms with E-state index in [2.05, 4.69) is 4.90 Å². The second-order valence-electron chi connectivity index (χ2n) is 3.98. The Balaban J connectivity index is 1.98. The molecule has 0 aromatic heterocycles. The average Bonchev–Trinajstić information content (AvgIpc) is 2.46. The summed E-state index contributed by atoms with van der Waals surface area (Å²) in [4.78, 5) is 13.4. The molecule has 2 rings (SSSR count). The Morgan fingerprint density at radius 2 is 2.25 bits per heavy atom. The molecule has 3 nitrogen and oxygen atoms in total. The number of piperidine rings is 1. The van der Waals surface area contributed by atoms with Crippen molar-refractivity contribution in [2.75, 3.05) is 13.1 Å². The van der Waals surface area contributed by atoms with Crippen molar-refractivity contribution in [1.82, 2.24) is 4.90 Å². The number of carbonyl (C=O) groups is 1. The van der Waals surface area contributed by atoms with Gasteiger partial charge in [-0.3, -0.25) is 9.69 Å². The molecule has 2 aliphatic rings. The Labute approximate surface area is 72.9 Å². The monoisotopic (exact) mass is 168 g/mol. The number of nitrogens with two attached hydrogens (primary N) is 1. The van der Waals surface area contributed by atoms with E-state index in [9.17, 15) is 4.79 Å². The molecule has 2 fully saturated rings. The van der Waals surface area contributed by atoms with E-state index in [4.69, 9.17) is 5.73 Å². The van der Waals surface area contributed by atoms with E-state index in [0.29, 0.717) is 6.04 Å². The van der Waals surface area contributed by atoms with Gasteiger partial charge < -0.3 is 5.73 Å². The highest BCUT2D eigenvalue weighted by Crippen LogP contribution is 2.29. The maximum atomic E-state index is 10.9. The molecule has 2 heterocycles. The fourth-order valence-electron chi connectivity index (χ4n) is 2.46. The molecule has 2 aliphatic heterocycles. The highest BCUT2D eigenvalue weighted by molar-refractivity contribution is 5.77. The first kappa shape index (κ1) is 8.05. The Morgan fingerprint density at radius 3 is 2.92 bits per heavy atom. The van der Waals surface area contributed by atoms with Crippen molar-refractivity contribution < 1.29 is 4.79 Å². The van der Waals surface area contributed by atoms with Gasteiger partial charge in [0.2, 0.25) is 5.91 Å². The van der Waals surface area contributed by atoms with Gasteiger partial charge in [-0.2, -0.15) is 0 Å². The van der Waals surface area contributed by atoms with Gasteiger partial charge in [0.25, 0.3) is 0 Å². The lowest BCUT2D eigenvalue weighted by Gasteiger charge is -2.28. The maximum absolute atomic E-state index is 10.9. The number of hydrogen-bond acceptors (Lipinski definition) is 2. The number of hydrogen-bond donors (Lipinski definition) is 1. The Bertz CT molecular complexity index is 179. The molecule has 0 aromatic rings. The summed E-state index contributed by atoms with van der Waals surface area (Å²) in [5.41, 5.74) is 5.29. The van der Waals surface area contributed by atoms with Crippen molar-refractivity contribution in [2.24, 2.45) is 11.7 Å². The Kier molecular flexibility index (Phi) is 2.05. The van der Waals surface area contributed by atoms with Gasteiger partial charge in [0.05, 0.1) is 5.92 Å². The van der Waals surface area contributed by atoms with Gasteiger partial charge >= 0.3 is 0 Å². The number of primary amides is 1. The molecule has 2 saturated heterocycles. The molecule has 3 heteroatoms. The third-order valence-electron chi connectivity index (χ3n) is 3.16. The number of nitrogens with zero attached hydrogens (tertiary/aromatic N) is 1. The van der Waals surface area contributed by atoms with Crippen molar-refractivity contribution >= 4 is 5.91 Å². The summed E-state index contributed by atoms with van der Waals surface area (Å²) < 4.78 is 0. The second-order valence-corrected chi connectivity index (χ2v) is 3.98. The van der Waals surface area contributed by atoms with Crippen LogP contribution in [-0.2, 0) is 4.79 Å². The predicted molar refractivity (Wildman–Crippen MR) is 46.5 cm³/mol. The van der Waals surface area contributed by atoms with Gasteiger partial charge in [-0.1, -0.05) is 6.42 Å². The molecule has 12 heavy (non-hydrogen) atoms. The zero-order valence-electron chi connectivity index (χ0n) is 7.33. The standard InChI is InChI=1S/C9H16N2O/c10-9(12)7-5-8-3-1-2-4-11(8)6-7/h7-8H,1-6H2,(H2,10,12)/t7-,8+/m1/s1. The van der Waals surface area contributed by atoms with Crippen molar-refractivity contribution in [1.29, 1.82) is 0 Å². The molecule has 2 atom stereocenters. The van der Waals surface area contributed by atoms with Crippen LogP contribution in [0.3, 0.4) is 0 Å². The first-order valence-electron chi connectivity index (χ1n) is 4.81. The Morgan fingerprint density at radius 1 is 1.42 bits per heavy atom. The van der Waals surface area contributed by atoms with Gasteiger partial charge in [-0.05, 0) is 25.8 Å². The maximum Gasteiger partial charge on any atom is 0.221 e. The van der Waals surface area contributed by atoms with Crippen molar-refractivity contribution in [3.8, 4) is 0 Å². The molecule has 0 unspecified atom stereocenters. The molecular weight excluding hydrogens is 152 g/mol. The van der Waals surface area contributed by atoms with Crippen molar-refractivity contribution in [3.63, 3.8) is 0 Å². The smallest absolute Gasteiger partial charge is 0.221 e. The van der Waals surface area contributed by atoms with Gasteiger partial charge in [0.15, 0.2) is 0 Å². The van der Waals surface area contributed by atoms with Crippen LogP contribution in [0.15, 0.2) is 0 Å². The zero-order valence-corrected chi connectivity index (χ0v) is 7.33.